The van der Waals surface area contributed by atoms with Crippen LogP contribution < -0.4 is 20.1 Å². The molecule has 0 atom stereocenters. The van der Waals surface area contributed by atoms with Crippen molar-refractivity contribution in [3.8, 4) is 17.2 Å². The van der Waals surface area contributed by atoms with E-state index in [0.717, 1.165) is 11.3 Å². The highest BCUT2D eigenvalue weighted by Gasteiger charge is 2.18. The molecule has 2 amide bonds. The Morgan fingerprint density at radius 2 is 1.71 bits per heavy atom. The number of carbonyl (C=O) groups excluding carboxylic acids is 2. The highest BCUT2D eigenvalue weighted by atomic mass is 16.5. The number of nitrogens with one attached hydrogen (secondary N) is 2. The highest BCUT2D eigenvalue weighted by molar-refractivity contribution is 5.96. The summed E-state index contributed by atoms with van der Waals surface area (Å²) in [6.45, 7) is 3.88. The molecular formula is C23H26N4O4. The number of methoxy groups -OCH3 is 2. The molecule has 1 aromatic heterocycles. The van der Waals surface area contributed by atoms with Crippen molar-refractivity contribution in [2.24, 2.45) is 5.92 Å². The maximum atomic E-state index is 12.8. The molecule has 0 aliphatic carbocycles. The number of benzene rings is 2. The number of carbonyl (C=O) groups is 2. The molecule has 0 radical (unpaired) electrons. The lowest BCUT2D eigenvalue weighted by atomic mass is 10.2. The lowest BCUT2D eigenvalue weighted by Gasteiger charge is -2.10. The van der Waals surface area contributed by atoms with Crippen molar-refractivity contribution in [2.75, 3.05) is 19.5 Å². The van der Waals surface area contributed by atoms with Gasteiger partial charge < -0.3 is 20.1 Å². The number of para-hydroxylation sites is 1. The van der Waals surface area contributed by atoms with Crippen LogP contribution in [0.25, 0.3) is 5.69 Å². The summed E-state index contributed by atoms with van der Waals surface area (Å²) in [7, 11) is 3.13. The summed E-state index contributed by atoms with van der Waals surface area (Å²) < 4.78 is 12.1. The van der Waals surface area contributed by atoms with Gasteiger partial charge in [-0.3, -0.25) is 9.59 Å². The molecule has 8 nitrogen and oxygen atoms in total. The summed E-state index contributed by atoms with van der Waals surface area (Å²) in [6.07, 6.45) is 0. The molecule has 31 heavy (non-hydrogen) atoms. The fraction of sp³-hybridized carbons (Fsp3) is 0.261. The fourth-order valence-corrected chi connectivity index (χ4v) is 2.88. The normalized spacial score (nSPS) is 10.6. The van der Waals surface area contributed by atoms with E-state index < -0.39 is 0 Å². The minimum atomic E-state index is -0.357. The Labute approximate surface area is 181 Å². The smallest absolute Gasteiger partial charge is 0.272 e. The molecule has 0 aliphatic rings. The first-order chi connectivity index (χ1) is 14.9. The largest absolute Gasteiger partial charge is 0.493 e. The minimum Gasteiger partial charge on any atom is -0.493 e. The van der Waals surface area contributed by atoms with Gasteiger partial charge in [-0.25, -0.2) is 4.68 Å². The topological polar surface area (TPSA) is 94.5 Å². The van der Waals surface area contributed by atoms with Gasteiger partial charge in [-0.1, -0.05) is 38.1 Å². The number of aromatic nitrogens is 2. The van der Waals surface area contributed by atoms with Crippen molar-refractivity contribution >= 4 is 17.6 Å². The summed E-state index contributed by atoms with van der Waals surface area (Å²) in [4.78, 5) is 25.0. The lowest BCUT2D eigenvalue weighted by Crippen LogP contribution is -2.23. The maximum absolute atomic E-state index is 12.8. The van der Waals surface area contributed by atoms with Gasteiger partial charge in [0.15, 0.2) is 17.2 Å². The Hall–Kier alpha value is -3.81. The molecule has 2 N–H and O–H groups in total. The summed E-state index contributed by atoms with van der Waals surface area (Å²) in [5.41, 5.74) is 1.78. The van der Waals surface area contributed by atoms with Crippen LogP contribution in [0.3, 0.4) is 0 Å². The Morgan fingerprint density at radius 1 is 1.00 bits per heavy atom. The summed E-state index contributed by atoms with van der Waals surface area (Å²) in [5.74, 6) is 0.910. The van der Waals surface area contributed by atoms with E-state index in [2.05, 4.69) is 15.7 Å². The fourth-order valence-electron chi connectivity index (χ4n) is 2.88. The SMILES string of the molecule is COc1ccc(CNC(=O)c2cc(NC(=O)C(C)C)n(-c3ccccc3)n2)cc1OC. The summed E-state index contributed by atoms with van der Waals surface area (Å²) in [6, 6.07) is 16.3. The molecule has 0 saturated heterocycles. The second-order valence-electron chi connectivity index (χ2n) is 7.18. The van der Waals surface area contributed by atoms with Crippen molar-refractivity contribution in [3.05, 3.63) is 65.9 Å². The second kappa shape index (κ2) is 9.80. The van der Waals surface area contributed by atoms with Crippen LogP contribution in [0.15, 0.2) is 54.6 Å². The van der Waals surface area contributed by atoms with E-state index >= 15 is 0 Å². The quantitative estimate of drug-likeness (QED) is 0.580. The van der Waals surface area contributed by atoms with Gasteiger partial charge in [0.2, 0.25) is 5.91 Å². The minimum absolute atomic E-state index is 0.158. The third-order valence-electron chi connectivity index (χ3n) is 4.62. The van der Waals surface area contributed by atoms with Crippen LogP contribution in [0.2, 0.25) is 0 Å². The number of hydrogen-bond donors (Lipinski definition) is 2. The third-order valence-corrected chi connectivity index (χ3v) is 4.62. The Bertz CT molecular complexity index is 1060. The molecule has 0 spiro atoms. The third kappa shape index (κ3) is 5.22. The van der Waals surface area contributed by atoms with Crippen molar-refractivity contribution < 1.29 is 19.1 Å². The van der Waals surface area contributed by atoms with E-state index in [0.29, 0.717) is 17.3 Å². The molecule has 162 valence electrons. The summed E-state index contributed by atoms with van der Waals surface area (Å²) >= 11 is 0. The molecule has 1 heterocycles. The molecule has 8 heteroatoms. The Kier molecular flexibility index (Phi) is 6.92. The van der Waals surface area contributed by atoms with Crippen LogP contribution in [0.1, 0.15) is 29.9 Å². The molecule has 0 unspecified atom stereocenters. The van der Waals surface area contributed by atoms with Crippen LogP contribution in [0.4, 0.5) is 5.82 Å². The predicted octanol–water partition coefficient (Wildman–Crippen LogP) is 3.41. The number of anilines is 1. The first-order valence-corrected chi connectivity index (χ1v) is 9.88. The van der Waals surface area contributed by atoms with Gasteiger partial charge in [-0.15, -0.1) is 0 Å². The molecule has 0 bridgehead atoms. The monoisotopic (exact) mass is 422 g/mol. The number of hydrogen-bond acceptors (Lipinski definition) is 5. The van der Waals surface area contributed by atoms with Gasteiger partial charge in [0.25, 0.3) is 5.91 Å². The van der Waals surface area contributed by atoms with E-state index in [9.17, 15) is 9.59 Å². The number of nitrogens with zero attached hydrogens (tertiary/aromatic N) is 2. The van der Waals surface area contributed by atoms with E-state index in [1.54, 1.807) is 50.9 Å². The standard InChI is InChI=1S/C23H26N4O4/c1-15(2)22(28)25-21-13-18(26-27(21)17-8-6-5-7-9-17)23(29)24-14-16-10-11-19(30-3)20(12-16)31-4/h5-13,15H,14H2,1-4H3,(H,24,29)(H,25,28). The zero-order valence-electron chi connectivity index (χ0n) is 18.0. The zero-order chi connectivity index (χ0) is 22.4. The summed E-state index contributed by atoms with van der Waals surface area (Å²) in [5, 5.41) is 10.1. The predicted molar refractivity (Wildman–Crippen MR) is 118 cm³/mol. The van der Waals surface area contributed by atoms with Crippen LogP contribution in [0, 0.1) is 5.92 Å². The van der Waals surface area contributed by atoms with Gasteiger partial charge in [0, 0.05) is 18.5 Å². The van der Waals surface area contributed by atoms with Crippen LogP contribution in [-0.2, 0) is 11.3 Å². The molecule has 3 rings (SSSR count). The molecule has 0 saturated carbocycles. The van der Waals surface area contributed by atoms with Gasteiger partial charge in [0.05, 0.1) is 19.9 Å². The van der Waals surface area contributed by atoms with Crippen LogP contribution >= 0.6 is 0 Å². The average molecular weight is 422 g/mol. The highest BCUT2D eigenvalue weighted by Crippen LogP contribution is 2.27. The van der Waals surface area contributed by atoms with Gasteiger partial charge in [-0.2, -0.15) is 5.10 Å². The first-order valence-electron chi connectivity index (χ1n) is 9.88. The second-order valence-corrected chi connectivity index (χ2v) is 7.18. The van der Waals surface area contributed by atoms with E-state index in [1.807, 2.05) is 36.4 Å². The number of ether oxygens (including phenoxy) is 2. The molecule has 0 aliphatic heterocycles. The van der Waals surface area contributed by atoms with Crippen molar-refractivity contribution in [1.29, 1.82) is 0 Å². The van der Waals surface area contributed by atoms with Crippen LogP contribution in [-0.4, -0.2) is 35.8 Å². The average Bonchev–Trinajstić information content (AvgIpc) is 3.21. The van der Waals surface area contributed by atoms with E-state index in [4.69, 9.17) is 9.47 Å². The molecular weight excluding hydrogens is 396 g/mol. The van der Waals surface area contributed by atoms with Gasteiger partial charge >= 0.3 is 0 Å². The van der Waals surface area contributed by atoms with Crippen molar-refractivity contribution in [3.63, 3.8) is 0 Å². The molecule has 3 aromatic rings. The number of amides is 2. The van der Waals surface area contributed by atoms with E-state index in [-0.39, 0.29) is 30.0 Å². The lowest BCUT2D eigenvalue weighted by molar-refractivity contribution is -0.118. The Balaban J connectivity index is 1.81. The first kappa shape index (κ1) is 21.9. The van der Waals surface area contributed by atoms with Crippen LogP contribution in [0.5, 0.6) is 11.5 Å². The van der Waals surface area contributed by atoms with Crippen molar-refractivity contribution in [2.45, 2.75) is 20.4 Å². The van der Waals surface area contributed by atoms with Gasteiger partial charge in [0.1, 0.15) is 5.82 Å². The Morgan fingerprint density at radius 3 is 2.35 bits per heavy atom. The molecule has 0 fully saturated rings. The van der Waals surface area contributed by atoms with Crippen molar-refractivity contribution in [1.82, 2.24) is 15.1 Å². The maximum Gasteiger partial charge on any atom is 0.272 e. The van der Waals surface area contributed by atoms with Gasteiger partial charge in [-0.05, 0) is 29.8 Å². The molecule has 2 aromatic carbocycles. The van der Waals surface area contributed by atoms with E-state index in [1.165, 1.54) is 0 Å². The number of rotatable bonds is 8. The zero-order valence-corrected chi connectivity index (χ0v) is 18.0.